The van der Waals surface area contributed by atoms with Crippen LogP contribution in [0.3, 0.4) is 0 Å². The zero-order chi connectivity index (χ0) is 23.8. The highest BCUT2D eigenvalue weighted by Gasteiger charge is 2.36. The van der Waals surface area contributed by atoms with Crippen molar-refractivity contribution >= 4 is 46.4 Å². The first-order valence-corrected chi connectivity index (χ1v) is 11.0. The summed E-state index contributed by atoms with van der Waals surface area (Å²) in [7, 11) is 1.32. The van der Waals surface area contributed by atoms with Gasteiger partial charge in [0.2, 0.25) is 0 Å². The molecule has 1 amide bonds. The number of hydrogen-bond acceptors (Lipinski definition) is 6. The highest BCUT2D eigenvalue weighted by atomic mass is 32.2. The summed E-state index contributed by atoms with van der Waals surface area (Å²) >= 11 is 1.23. The molecule has 34 heavy (non-hydrogen) atoms. The Labute approximate surface area is 197 Å². The smallest absolute Gasteiger partial charge is 0.337 e. The van der Waals surface area contributed by atoms with Crippen molar-refractivity contribution in [1.82, 2.24) is 4.90 Å². The standard InChI is InChI=1S/C25H16FN3O4S/c1-32-24(31)16-4-2-15(3-5-16)21-11-10-18(33-21)12-19-22(27)29-20(13-34-25(29)28-23(19)30)14-6-8-17(26)9-7-14/h2-13,27H,1H3/b19-12-,27-22?. The van der Waals surface area contributed by atoms with Crippen molar-refractivity contribution in [2.75, 3.05) is 7.11 Å². The lowest BCUT2D eigenvalue weighted by Gasteiger charge is -2.26. The maximum Gasteiger partial charge on any atom is 0.337 e. The van der Waals surface area contributed by atoms with Gasteiger partial charge in [-0.2, -0.15) is 4.99 Å². The average molecular weight is 473 g/mol. The number of nitrogens with zero attached hydrogens (tertiary/aromatic N) is 2. The second-order valence-corrected chi connectivity index (χ2v) is 8.18. The molecule has 0 fully saturated rings. The lowest BCUT2D eigenvalue weighted by Crippen LogP contribution is -2.38. The molecule has 3 aromatic rings. The Balaban J connectivity index is 1.42. The molecule has 0 saturated heterocycles. The average Bonchev–Trinajstić information content (AvgIpc) is 3.49. The molecule has 0 spiro atoms. The molecule has 168 valence electrons. The van der Waals surface area contributed by atoms with Crippen molar-refractivity contribution in [2.45, 2.75) is 0 Å². The number of nitrogens with one attached hydrogen (secondary N) is 1. The molecule has 0 aliphatic carbocycles. The highest BCUT2D eigenvalue weighted by Crippen LogP contribution is 2.37. The number of carbonyl (C=O) groups is 2. The van der Waals surface area contributed by atoms with Crippen LogP contribution in [0.2, 0.25) is 0 Å². The number of amides is 1. The highest BCUT2D eigenvalue weighted by molar-refractivity contribution is 8.17. The largest absolute Gasteiger partial charge is 0.465 e. The monoisotopic (exact) mass is 473 g/mol. The van der Waals surface area contributed by atoms with E-state index in [1.165, 1.54) is 37.1 Å². The first-order valence-electron chi connectivity index (χ1n) is 10.1. The Hall–Kier alpha value is -4.24. The molecule has 0 saturated carbocycles. The van der Waals surface area contributed by atoms with Gasteiger partial charge in [0, 0.05) is 11.0 Å². The Morgan fingerprint density at radius 3 is 2.50 bits per heavy atom. The quantitative estimate of drug-likeness (QED) is 0.415. The second kappa shape index (κ2) is 8.60. The SMILES string of the molecule is COC(=O)c1ccc(-c2ccc(/C=C3/C(=N)N4C(c5ccc(F)cc5)=CSC4=NC3=O)o2)cc1. The minimum atomic E-state index is -0.544. The number of thioether (sulfide) groups is 1. The number of esters is 1. The third-order valence-electron chi connectivity index (χ3n) is 5.26. The topological polar surface area (TPSA) is 96.0 Å². The van der Waals surface area contributed by atoms with E-state index in [-0.39, 0.29) is 17.2 Å². The number of halogens is 1. The third-order valence-corrected chi connectivity index (χ3v) is 6.08. The number of hydrogen-bond donors (Lipinski definition) is 1. The van der Waals surface area contributed by atoms with Crippen molar-refractivity contribution in [3.8, 4) is 11.3 Å². The van der Waals surface area contributed by atoms with E-state index in [1.54, 1.807) is 58.8 Å². The maximum atomic E-state index is 13.3. The van der Waals surface area contributed by atoms with E-state index < -0.39 is 11.9 Å². The van der Waals surface area contributed by atoms with Crippen LogP contribution in [0.15, 0.2) is 81.1 Å². The molecule has 2 aliphatic heterocycles. The molecule has 0 bridgehead atoms. The van der Waals surface area contributed by atoms with E-state index in [0.29, 0.717) is 33.5 Å². The second-order valence-electron chi connectivity index (χ2n) is 7.34. The van der Waals surface area contributed by atoms with Crippen LogP contribution in [0.5, 0.6) is 0 Å². The number of aliphatic imine (C=N–C) groups is 1. The Morgan fingerprint density at radius 2 is 1.79 bits per heavy atom. The van der Waals surface area contributed by atoms with E-state index in [0.717, 1.165) is 5.56 Å². The number of methoxy groups -OCH3 is 1. The zero-order valence-electron chi connectivity index (χ0n) is 17.7. The first kappa shape index (κ1) is 21.6. The number of carbonyl (C=O) groups excluding carboxylic acids is 2. The van der Waals surface area contributed by atoms with Crippen molar-refractivity contribution in [3.63, 3.8) is 0 Å². The van der Waals surface area contributed by atoms with E-state index in [4.69, 9.17) is 14.6 Å². The van der Waals surface area contributed by atoms with E-state index in [1.807, 2.05) is 0 Å². The summed E-state index contributed by atoms with van der Waals surface area (Å²) < 4.78 is 23.9. The third kappa shape index (κ3) is 3.86. The number of rotatable bonds is 4. The van der Waals surface area contributed by atoms with Crippen LogP contribution in [-0.2, 0) is 9.53 Å². The van der Waals surface area contributed by atoms with Crippen LogP contribution in [0.1, 0.15) is 21.7 Å². The van der Waals surface area contributed by atoms with Gasteiger partial charge >= 0.3 is 5.97 Å². The molecule has 1 N–H and O–H groups in total. The number of amidine groups is 2. The molecule has 2 aromatic carbocycles. The lowest BCUT2D eigenvalue weighted by atomic mass is 10.1. The summed E-state index contributed by atoms with van der Waals surface area (Å²) in [5.74, 6) is -0.473. The van der Waals surface area contributed by atoms with Gasteiger partial charge in [0.05, 0.1) is 23.9 Å². The summed E-state index contributed by atoms with van der Waals surface area (Å²) in [4.78, 5) is 29.9. The van der Waals surface area contributed by atoms with E-state index in [9.17, 15) is 14.0 Å². The van der Waals surface area contributed by atoms with Gasteiger partial charge in [0.15, 0.2) is 5.17 Å². The van der Waals surface area contributed by atoms with Gasteiger partial charge in [-0.1, -0.05) is 23.9 Å². The number of ether oxygens (including phenoxy) is 1. The fourth-order valence-corrected chi connectivity index (χ4v) is 4.43. The fourth-order valence-electron chi connectivity index (χ4n) is 3.54. The predicted octanol–water partition coefficient (Wildman–Crippen LogP) is 5.18. The zero-order valence-corrected chi connectivity index (χ0v) is 18.6. The molecule has 9 heteroatoms. The summed E-state index contributed by atoms with van der Waals surface area (Å²) in [6.45, 7) is 0. The van der Waals surface area contributed by atoms with Crippen LogP contribution < -0.4 is 0 Å². The van der Waals surface area contributed by atoms with Gasteiger partial charge in [0.1, 0.15) is 23.2 Å². The molecular weight excluding hydrogens is 457 g/mol. The summed E-state index contributed by atoms with van der Waals surface area (Å²) in [5.41, 5.74) is 2.57. The Bertz CT molecular complexity index is 1420. The molecular formula is C25H16FN3O4S. The van der Waals surface area contributed by atoms with Gasteiger partial charge < -0.3 is 9.15 Å². The molecule has 2 aliphatic rings. The predicted molar refractivity (Wildman–Crippen MR) is 127 cm³/mol. The number of fused-ring (bicyclic) bond motifs is 1. The molecule has 0 atom stereocenters. The van der Waals surface area contributed by atoms with Crippen LogP contribution in [0, 0.1) is 11.2 Å². The van der Waals surface area contributed by atoms with E-state index >= 15 is 0 Å². The maximum absolute atomic E-state index is 13.3. The Kier molecular flexibility index (Phi) is 5.46. The van der Waals surface area contributed by atoms with Crippen LogP contribution >= 0.6 is 11.8 Å². The van der Waals surface area contributed by atoms with E-state index in [2.05, 4.69) is 4.99 Å². The van der Waals surface area contributed by atoms with Gasteiger partial charge in [-0.05, 0) is 60.2 Å². The molecule has 3 heterocycles. The lowest BCUT2D eigenvalue weighted by molar-refractivity contribution is -0.114. The van der Waals surface area contributed by atoms with Gasteiger partial charge in [-0.15, -0.1) is 0 Å². The van der Waals surface area contributed by atoms with Crippen LogP contribution in [-0.4, -0.2) is 34.9 Å². The van der Waals surface area contributed by atoms with Crippen molar-refractivity contribution < 1.29 is 23.1 Å². The van der Waals surface area contributed by atoms with Gasteiger partial charge in [0.25, 0.3) is 5.91 Å². The first-order chi connectivity index (χ1) is 16.4. The number of furan rings is 1. The van der Waals surface area contributed by atoms with Gasteiger partial charge in [-0.3, -0.25) is 15.1 Å². The van der Waals surface area contributed by atoms with Crippen LogP contribution in [0.25, 0.3) is 23.1 Å². The minimum Gasteiger partial charge on any atom is -0.465 e. The summed E-state index contributed by atoms with van der Waals surface area (Å²) in [5, 5.41) is 10.8. The fraction of sp³-hybridized carbons (Fsp3) is 0.0400. The molecule has 7 nitrogen and oxygen atoms in total. The molecule has 1 aromatic heterocycles. The van der Waals surface area contributed by atoms with Crippen molar-refractivity contribution in [1.29, 1.82) is 5.41 Å². The normalized spacial score (nSPS) is 16.4. The number of benzene rings is 2. The Morgan fingerprint density at radius 1 is 1.09 bits per heavy atom. The summed E-state index contributed by atoms with van der Waals surface area (Å²) in [6, 6.07) is 16.1. The van der Waals surface area contributed by atoms with Gasteiger partial charge in [-0.25, -0.2) is 9.18 Å². The molecule has 0 radical (unpaired) electrons. The van der Waals surface area contributed by atoms with Crippen LogP contribution in [0.4, 0.5) is 4.39 Å². The minimum absolute atomic E-state index is 0.0454. The van der Waals surface area contributed by atoms with Crippen molar-refractivity contribution in [2.24, 2.45) is 4.99 Å². The van der Waals surface area contributed by atoms with Crippen molar-refractivity contribution in [3.05, 3.63) is 94.3 Å². The molecule has 0 unspecified atom stereocenters. The molecule has 5 rings (SSSR count). The summed E-state index contributed by atoms with van der Waals surface area (Å²) in [6.07, 6.45) is 1.47.